The molecular formula is C9H18N2. The van der Waals surface area contributed by atoms with E-state index in [9.17, 15) is 0 Å². The molecule has 0 aliphatic rings. The second-order valence-electron chi connectivity index (χ2n) is 2.99. The van der Waals surface area contributed by atoms with Gasteiger partial charge in [0.1, 0.15) is 0 Å². The number of nitrogens with zero attached hydrogens (tertiary/aromatic N) is 1. The van der Waals surface area contributed by atoms with Crippen molar-refractivity contribution in [2.75, 3.05) is 7.05 Å². The summed E-state index contributed by atoms with van der Waals surface area (Å²) >= 11 is 0. The monoisotopic (exact) mass is 154 g/mol. The standard InChI is InChI=1S/C9H18N2/c1-7(2)11-9(4)6-8(3)10-5/h6-7,11H,1-5H3/b9-6-,10-8+. The van der Waals surface area contributed by atoms with Crippen LogP contribution in [0.4, 0.5) is 0 Å². The minimum absolute atomic E-state index is 0.496. The van der Waals surface area contributed by atoms with Crippen molar-refractivity contribution < 1.29 is 0 Å². The fourth-order valence-corrected chi connectivity index (χ4v) is 0.875. The maximum Gasteiger partial charge on any atom is 0.0330 e. The molecule has 2 heteroatoms. The van der Waals surface area contributed by atoms with E-state index in [0.29, 0.717) is 6.04 Å². The van der Waals surface area contributed by atoms with Crippen molar-refractivity contribution in [3.05, 3.63) is 11.8 Å². The Labute approximate surface area is 69.4 Å². The molecule has 11 heavy (non-hydrogen) atoms. The SMILES string of the molecule is C/N=C(C)/C=C(/C)NC(C)C. The van der Waals surface area contributed by atoms with Crippen LogP contribution in [0.25, 0.3) is 0 Å². The third-order valence-electron chi connectivity index (χ3n) is 1.29. The molecule has 0 aliphatic carbocycles. The first-order valence-electron chi connectivity index (χ1n) is 3.94. The molecule has 0 heterocycles. The van der Waals surface area contributed by atoms with Gasteiger partial charge in [-0.1, -0.05) is 0 Å². The van der Waals surface area contributed by atoms with Gasteiger partial charge >= 0.3 is 0 Å². The van der Waals surface area contributed by atoms with Gasteiger partial charge in [0.05, 0.1) is 0 Å². The molecule has 1 N–H and O–H groups in total. The summed E-state index contributed by atoms with van der Waals surface area (Å²) in [6.07, 6.45) is 2.04. The molecule has 0 spiro atoms. The van der Waals surface area contributed by atoms with Crippen LogP contribution in [-0.4, -0.2) is 18.8 Å². The largest absolute Gasteiger partial charge is 0.386 e. The average molecular weight is 154 g/mol. The second-order valence-corrected chi connectivity index (χ2v) is 2.99. The molecule has 0 aromatic heterocycles. The number of hydrogen-bond donors (Lipinski definition) is 1. The van der Waals surface area contributed by atoms with E-state index in [1.165, 1.54) is 5.70 Å². The number of hydrogen-bond acceptors (Lipinski definition) is 2. The highest BCUT2D eigenvalue weighted by atomic mass is 14.9. The summed E-state index contributed by atoms with van der Waals surface area (Å²) in [5, 5.41) is 3.29. The molecular weight excluding hydrogens is 136 g/mol. The van der Waals surface area contributed by atoms with E-state index < -0.39 is 0 Å². The zero-order valence-electron chi connectivity index (χ0n) is 8.10. The Hall–Kier alpha value is -0.790. The van der Waals surface area contributed by atoms with Crippen LogP contribution in [0.5, 0.6) is 0 Å². The summed E-state index contributed by atoms with van der Waals surface area (Å²) in [4.78, 5) is 4.04. The fraction of sp³-hybridized carbons (Fsp3) is 0.667. The van der Waals surface area contributed by atoms with Crippen LogP contribution in [0.2, 0.25) is 0 Å². The molecule has 2 nitrogen and oxygen atoms in total. The lowest BCUT2D eigenvalue weighted by Gasteiger charge is -2.09. The third-order valence-corrected chi connectivity index (χ3v) is 1.29. The van der Waals surface area contributed by atoms with Crippen LogP contribution in [0.3, 0.4) is 0 Å². The van der Waals surface area contributed by atoms with Crippen LogP contribution < -0.4 is 5.32 Å². The Balaban J connectivity index is 4.01. The lowest BCUT2D eigenvalue weighted by atomic mass is 10.3. The number of aliphatic imine (C=N–C) groups is 1. The van der Waals surface area contributed by atoms with Gasteiger partial charge in [0.2, 0.25) is 0 Å². The minimum Gasteiger partial charge on any atom is -0.386 e. The lowest BCUT2D eigenvalue weighted by Crippen LogP contribution is -2.20. The van der Waals surface area contributed by atoms with Gasteiger partial charge < -0.3 is 5.32 Å². The van der Waals surface area contributed by atoms with E-state index in [1.807, 2.05) is 13.0 Å². The van der Waals surface area contributed by atoms with Crippen LogP contribution in [0.1, 0.15) is 27.7 Å². The predicted octanol–water partition coefficient (Wildman–Crippen LogP) is 1.98. The van der Waals surface area contributed by atoms with Crippen LogP contribution in [0.15, 0.2) is 16.8 Å². The van der Waals surface area contributed by atoms with Crippen molar-refractivity contribution in [2.24, 2.45) is 4.99 Å². The Morgan fingerprint density at radius 3 is 2.27 bits per heavy atom. The molecule has 64 valence electrons. The van der Waals surface area contributed by atoms with E-state index in [2.05, 4.69) is 31.1 Å². The molecule has 0 saturated carbocycles. The Kier molecular flexibility index (Phi) is 4.59. The van der Waals surface area contributed by atoms with Crippen molar-refractivity contribution >= 4 is 5.71 Å². The van der Waals surface area contributed by atoms with E-state index in [0.717, 1.165) is 5.71 Å². The summed E-state index contributed by atoms with van der Waals surface area (Å²) in [5.41, 5.74) is 2.22. The predicted molar refractivity (Wildman–Crippen MR) is 51.1 cm³/mol. The summed E-state index contributed by atoms with van der Waals surface area (Å²) in [5.74, 6) is 0. The van der Waals surface area contributed by atoms with Gasteiger partial charge in [0, 0.05) is 24.5 Å². The number of allylic oxidation sites excluding steroid dienone is 2. The zero-order valence-corrected chi connectivity index (χ0v) is 8.10. The maximum atomic E-state index is 4.04. The van der Waals surface area contributed by atoms with Crippen molar-refractivity contribution in [3.8, 4) is 0 Å². The minimum atomic E-state index is 0.496. The van der Waals surface area contributed by atoms with Crippen molar-refractivity contribution in [2.45, 2.75) is 33.7 Å². The normalized spacial score (nSPS) is 14.0. The highest BCUT2D eigenvalue weighted by Gasteiger charge is 1.92. The Bertz CT molecular complexity index is 166. The van der Waals surface area contributed by atoms with Gasteiger partial charge in [-0.05, 0) is 33.8 Å². The molecule has 0 rings (SSSR count). The summed E-state index contributed by atoms with van der Waals surface area (Å²) in [6, 6.07) is 0.496. The Morgan fingerprint density at radius 1 is 1.36 bits per heavy atom. The zero-order chi connectivity index (χ0) is 8.85. The quantitative estimate of drug-likeness (QED) is 0.618. The van der Waals surface area contributed by atoms with E-state index in [1.54, 1.807) is 7.05 Å². The first-order valence-corrected chi connectivity index (χ1v) is 3.94. The van der Waals surface area contributed by atoms with Crippen LogP contribution >= 0.6 is 0 Å². The van der Waals surface area contributed by atoms with Crippen molar-refractivity contribution in [3.63, 3.8) is 0 Å². The van der Waals surface area contributed by atoms with Gasteiger partial charge in [-0.2, -0.15) is 0 Å². The lowest BCUT2D eigenvalue weighted by molar-refractivity contribution is 0.670. The highest BCUT2D eigenvalue weighted by Crippen LogP contribution is 1.91. The Morgan fingerprint density at radius 2 is 1.91 bits per heavy atom. The molecule has 0 atom stereocenters. The first-order chi connectivity index (χ1) is 5.06. The smallest absolute Gasteiger partial charge is 0.0330 e. The van der Waals surface area contributed by atoms with Crippen LogP contribution in [0, 0.1) is 0 Å². The van der Waals surface area contributed by atoms with Crippen molar-refractivity contribution in [1.82, 2.24) is 5.32 Å². The average Bonchev–Trinajstić information content (AvgIpc) is 1.85. The van der Waals surface area contributed by atoms with E-state index in [4.69, 9.17) is 0 Å². The third kappa shape index (κ3) is 5.64. The topological polar surface area (TPSA) is 24.4 Å². The van der Waals surface area contributed by atoms with Gasteiger partial charge in [-0.3, -0.25) is 4.99 Å². The maximum absolute atomic E-state index is 4.04. The molecule has 0 unspecified atom stereocenters. The molecule has 0 amide bonds. The van der Waals surface area contributed by atoms with E-state index in [-0.39, 0.29) is 0 Å². The van der Waals surface area contributed by atoms with Crippen LogP contribution in [-0.2, 0) is 0 Å². The molecule has 0 aromatic rings. The molecule has 0 aromatic carbocycles. The summed E-state index contributed by atoms with van der Waals surface area (Å²) < 4.78 is 0. The molecule has 0 bridgehead atoms. The molecule has 0 aliphatic heterocycles. The summed E-state index contributed by atoms with van der Waals surface area (Å²) in [6.45, 7) is 8.28. The van der Waals surface area contributed by atoms with Gasteiger partial charge in [-0.25, -0.2) is 0 Å². The molecule has 0 saturated heterocycles. The highest BCUT2D eigenvalue weighted by molar-refractivity contribution is 5.93. The molecule has 0 radical (unpaired) electrons. The summed E-state index contributed by atoms with van der Waals surface area (Å²) in [7, 11) is 1.80. The fourth-order valence-electron chi connectivity index (χ4n) is 0.875. The number of nitrogens with one attached hydrogen (secondary N) is 1. The van der Waals surface area contributed by atoms with Crippen molar-refractivity contribution in [1.29, 1.82) is 0 Å². The van der Waals surface area contributed by atoms with Gasteiger partial charge in [0.25, 0.3) is 0 Å². The molecule has 0 fully saturated rings. The van der Waals surface area contributed by atoms with Gasteiger partial charge in [0.15, 0.2) is 0 Å². The first kappa shape index (κ1) is 10.2. The number of rotatable bonds is 3. The van der Waals surface area contributed by atoms with E-state index >= 15 is 0 Å². The second kappa shape index (κ2) is 4.94. The van der Waals surface area contributed by atoms with Gasteiger partial charge in [-0.15, -0.1) is 0 Å².